The van der Waals surface area contributed by atoms with E-state index >= 15 is 0 Å². The number of aromatic nitrogens is 1. The minimum atomic E-state index is -0.552. The lowest BCUT2D eigenvalue weighted by molar-refractivity contribution is -0.116. The van der Waals surface area contributed by atoms with Crippen molar-refractivity contribution in [3.63, 3.8) is 0 Å². The summed E-state index contributed by atoms with van der Waals surface area (Å²) in [5.41, 5.74) is 1.77. The first-order chi connectivity index (χ1) is 13.0. The highest BCUT2D eigenvalue weighted by Crippen LogP contribution is 2.19. The number of hydrogen-bond donors (Lipinski definition) is 1. The Morgan fingerprint density at radius 2 is 2.04 bits per heavy atom. The zero-order valence-electron chi connectivity index (χ0n) is 14.5. The largest absolute Gasteiger partial charge is 0.462 e. The molecular weight excluding hydrogens is 372 g/mol. The number of amides is 1. The number of carbonyl (C=O) groups is 2. The molecule has 1 amide bonds. The lowest BCUT2D eigenvalue weighted by Gasteiger charge is -2.07. The molecule has 0 spiro atoms. The molecule has 2 aromatic carbocycles. The molecule has 0 saturated carbocycles. The third kappa shape index (κ3) is 4.38. The predicted octanol–water partition coefficient (Wildman–Crippen LogP) is 3.45. The van der Waals surface area contributed by atoms with Crippen LogP contribution in [0.4, 0.5) is 5.69 Å². The Labute approximate surface area is 159 Å². The molecule has 3 rings (SSSR count). The lowest BCUT2D eigenvalue weighted by Crippen LogP contribution is -2.20. The lowest BCUT2D eigenvalue weighted by atomic mass is 10.2. The number of esters is 1. The van der Waals surface area contributed by atoms with Gasteiger partial charge < -0.3 is 14.5 Å². The third-order valence-electron chi connectivity index (χ3n) is 3.85. The van der Waals surface area contributed by atoms with Crippen molar-refractivity contribution in [1.29, 1.82) is 0 Å². The Balaban J connectivity index is 1.67. The normalized spacial score (nSPS) is 10.7. The number of nitrogens with zero attached hydrogens (tertiary/aromatic N) is 1. The summed E-state index contributed by atoms with van der Waals surface area (Å²) < 4.78 is 11.4. The average Bonchev–Trinajstić information content (AvgIpc) is 2.94. The number of oxazole rings is 1. The fraction of sp³-hybridized carbons (Fsp3) is 0.211. The molecule has 0 atom stereocenters. The van der Waals surface area contributed by atoms with Gasteiger partial charge in [0.15, 0.2) is 5.58 Å². The van der Waals surface area contributed by atoms with Crippen LogP contribution in [0.1, 0.15) is 23.7 Å². The van der Waals surface area contributed by atoms with Crippen LogP contribution >= 0.6 is 11.6 Å². The molecule has 27 heavy (non-hydrogen) atoms. The maximum atomic E-state index is 12.2. The van der Waals surface area contributed by atoms with E-state index in [0.29, 0.717) is 27.4 Å². The molecule has 0 aliphatic carbocycles. The topological polar surface area (TPSA) is 90.5 Å². The number of anilines is 1. The highest BCUT2D eigenvalue weighted by molar-refractivity contribution is 6.31. The highest BCUT2D eigenvalue weighted by Gasteiger charge is 2.12. The number of rotatable bonds is 6. The molecule has 0 aliphatic heterocycles. The zero-order chi connectivity index (χ0) is 19.4. The van der Waals surface area contributed by atoms with Gasteiger partial charge in [0.1, 0.15) is 0 Å². The molecule has 7 nitrogen and oxygen atoms in total. The first kappa shape index (κ1) is 18.7. The Hall–Kier alpha value is -3.06. The van der Waals surface area contributed by atoms with Crippen molar-refractivity contribution in [1.82, 2.24) is 4.57 Å². The van der Waals surface area contributed by atoms with E-state index < -0.39 is 11.7 Å². The second-order valence-electron chi connectivity index (χ2n) is 5.73. The van der Waals surface area contributed by atoms with Crippen LogP contribution in [0.2, 0.25) is 5.02 Å². The number of benzene rings is 2. The smallest absolute Gasteiger partial charge is 0.419 e. The minimum Gasteiger partial charge on any atom is -0.462 e. The minimum absolute atomic E-state index is 0.0563. The van der Waals surface area contributed by atoms with Gasteiger partial charge in [-0.2, -0.15) is 0 Å². The summed E-state index contributed by atoms with van der Waals surface area (Å²) >= 11 is 5.88. The van der Waals surface area contributed by atoms with Gasteiger partial charge in [0.25, 0.3) is 0 Å². The second kappa shape index (κ2) is 8.09. The van der Waals surface area contributed by atoms with Crippen molar-refractivity contribution < 1.29 is 18.7 Å². The number of ether oxygens (including phenoxy) is 1. The van der Waals surface area contributed by atoms with Crippen molar-refractivity contribution in [2.75, 3.05) is 11.9 Å². The van der Waals surface area contributed by atoms with Gasteiger partial charge in [-0.05, 0) is 37.3 Å². The van der Waals surface area contributed by atoms with Gasteiger partial charge >= 0.3 is 11.7 Å². The molecular formula is C19H17ClN2O5. The van der Waals surface area contributed by atoms with Crippen molar-refractivity contribution in [3.8, 4) is 0 Å². The fourth-order valence-corrected chi connectivity index (χ4v) is 2.79. The quantitative estimate of drug-likeness (QED) is 0.653. The van der Waals surface area contributed by atoms with E-state index in [2.05, 4.69) is 5.32 Å². The third-order valence-corrected chi connectivity index (χ3v) is 4.09. The molecule has 3 aromatic rings. The number of hydrogen-bond acceptors (Lipinski definition) is 5. The van der Waals surface area contributed by atoms with Crippen LogP contribution in [0.5, 0.6) is 0 Å². The fourth-order valence-electron chi connectivity index (χ4n) is 2.63. The first-order valence-corrected chi connectivity index (χ1v) is 8.71. The van der Waals surface area contributed by atoms with Gasteiger partial charge in [-0.15, -0.1) is 0 Å². The van der Waals surface area contributed by atoms with E-state index in [9.17, 15) is 14.4 Å². The molecule has 0 radical (unpaired) electrons. The van der Waals surface area contributed by atoms with Gasteiger partial charge in [-0.3, -0.25) is 9.36 Å². The van der Waals surface area contributed by atoms with Crippen LogP contribution in [0, 0.1) is 0 Å². The van der Waals surface area contributed by atoms with Crippen molar-refractivity contribution >= 4 is 40.3 Å². The number of carbonyl (C=O) groups excluding carboxylic acids is 2. The Morgan fingerprint density at radius 3 is 2.81 bits per heavy atom. The van der Waals surface area contributed by atoms with Gasteiger partial charge in [0.05, 0.1) is 17.7 Å². The summed E-state index contributed by atoms with van der Waals surface area (Å²) in [6, 6.07) is 11.3. The highest BCUT2D eigenvalue weighted by atomic mass is 35.5. The van der Waals surface area contributed by atoms with E-state index in [1.165, 1.54) is 10.6 Å². The van der Waals surface area contributed by atoms with Crippen LogP contribution < -0.4 is 11.1 Å². The summed E-state index contributed by atoms with van der Waals surface area (Å²) in [6.07, 6.45) is 0.0563. The molecule has 0 bridgehead atoms. The molecule has 0 aliphatic rings. The van der Waals surface area contributed by atoms with Gasteiger partial charge in [-0.25, -0.2) is 9.59 Å². The first-order valence-electron chi connectivity index (χ1n) is 8.34. The Morgan fingerprint density at radius 1 is 1.22 bits per heavy atom. The van der Waals surface area contributed by atoms with Crippen LogP contribution in [-0.2, 0) is 16.1 Å². The summed E-state index contributed by atoms with van der Waals surface area (Å²) in [5.74, 6) is -1.31. The van der Waals surface area contributed by atoms with E-state index in [1.807, 2.05) is 0 Å². The van der Waals surface area contributed by atoms with Crippen molar-refractivity contribution in [3.05, 3.63) is 63.6 Å². The van der Waals surface area contributed by atoms with Crippen LogP contribution in [-0.4, -0.2) is 23.1 Å². The van der Waals surface area contributed by atoms with Crippen LogP contribution in [0.25, 0.3) is 11.1 Å². The average molecular weight is 389 g/mol. The summed E-state index contributed by atoms with van der Waals surface area (Å²) in [5, 5.41) is 3.17. The number of aryl methyl sites for hydroxylation is 1. The van der Waals surface area contributed by atoms with E-state index in [0.717, 1.165) is 0 Å². The molecule has 0 unspecified atom stereocenters. The van der Waals surface area contributed by atoms with E-state index in [4.69, 9.17) is 20.8 Å². The molecule has 8 heteroatoms. The standard InChI is InChI=1S/C19H17ClN2O5/c1-2-26-18(24)12-4-3-5-14(10-12)21-17(23)8-9-22-15-7-6-13(20)11-16(15)27-19(22)25/h3-7,10-11H,2,8-9H2,1H3,(H,21,23). The predicted molar refractivity (Wildman–Crippen MR) is 101 cm³/mol. The van der Waals surface area contributed by atoms with Crippen LogP contribution in [0.3, 0.4) is 0 Å². The molecule has 1 aromatic heterocycles. The second-order valence-corrected chi connectivity index (χ2v) is 6.17. The molecule has 1 N–H and O–H groups in total. The van der Waals surface area contributed by atoms with Crippen LogP contribution in [0.15, 0.2) is 51.7 Å². The SMILES string of the molecule is CCOC(=O)c1cccc(NC(=O)CCn2c(=O)oc3cc(Cl)ccc32)c1. The maximum Gasteiger partial charge on any atom is 0.419 e. The number of fused-ring (bicyclic) bond motifs is 1. The number of nitrogens with one attached hydrogen (secondary N) is 1. The van der Waals surface area contributed by atoms with Gasteiger partial charge in [0, 0.05) is 29.7 Å². The Kier molecular flexibility index (Phi) is 5.61. The van der Waals surface area contributed by atoms with E-state index in [1.54, 1.807) is 43.3 Å². The van der Waals surface area contributed by atoms with Gasteiger partial charge in [-0.1, -0.05) is 17.7 Å². The molecule has 0 saturated heterocycles. The molecule has 0 fully saturated rings. The van der Waals surface area contributed by atoms with Gasteiger partial charge in [0.2, 0.25) is 5.91 Å². The van der Waals surface area contributed by atoms with Crippen molar-refractivity contribution in [2.45, 2.75) is 19.9 Å². The maximum absolute atomic E-state index is 12.2. The zero-order valence-corrected chi connectivity index (χ0v) is 15.3. The molecule has 140 valence electrons. The Bertz CT molecular complexity index is 1050. The van der Waals surface area contributed by atoms with Crippen molar-refractivity contribution in [2.24, 2.45) is 0 Å². The monoisotopic (exact) mass is 388 g/mol. The number of halogens is 1. The summed E-state index contributed by atoms with van der Waals surface area (Å²) in [7, 11) is 0. The van der Waals surface area contributed by atoms with E-state index in [-0.39, 0.29) is 25.5 Å². The summed E-state index contributed by atoms with van der Waals surface area (Å²) in [4.78, 5) is 36.0. The summed E-state index contributed by atoms with van der Waals surface area (Å²) in [6.45, 7) is 2.14. The molecule has 1 heterocycles.